The summed E-state index contributed by atoms with van der Waals surface area (Å²) in [6, 6.07) is 13.1. The molecule has 4 heteroatoms. The molecule has 1 atom stereocenters. The monoisotopic (exact) mass is 276 g/mol. The minimum Gasteiger partial charge on any atom is -0.271 e. The zero-order valence-electron chi connectivity index (χ0n) is 11.0. The van der Waals surface area contributed by atoms with Crippen LogP contribution in [0.15, 0.2) is 47.4 Å². The van der Waals surface area contributed by atoms with Crippen LogP contribution in [0.3, 0.4) is 0 Å². The van der Waals surface area contributed by atoms with Crippen LogP contribution in [0.25, 0.3) is 0 Å². The van der Waals surface area contributed by atoms with E-state index in [4.69, 9.17) is 5.84 Å². The molecule has 0 aliphatic rings. The summed E-state index contributed by atoms with van der Waals surface area (Å²) in [7, 11) is 0. The molecule has 0 fully saturated rings. The van der Waals surface area contributed by atoms with Gasteiger partial charge in [-0.15, -0.1) is 11.8 Å². The number of benzene rings is 2. The molecular formula is C15H17FN2S. The highest BCUT2D eigenvalue weighted by Gasteiger charge is 2.13. The van der Waals surface area contributed by atoms with E-state index < -0.39 is 0 Å². The predicted molar refractivity (Wildman–Crippen MR) is 78.5 cm³/mol. The molecule has 2 nitrogen and oxygen atoms in total. The minimum atomic E-state index is -0.210. The van der Waals surface area contributed by atoms with Crippen LogP contribution in [0.1, 0.15) is 22.7 Å². The van der Waals surface area contributed by atoms with Crippen LogP contribution in [0, 0.1) is 12.7 Å². The lowest BCUT2D eigenvalue weighted by Gasteiger charge is -2.17. The largest absolute Gasteiger partial charge is 0.271 e. The smallest absolute Gasteiger partial charge is 0.126 e. The molecule has 19 heavy (non-hydrogen) atoms. The van der Waals surface area contributed by atoms with Gasteiger partial charge in [0.2, 0.25) is 0 Å². The van der Waals surface area contributed by atoms with E-state index in [1.54, 1.807) is 24.8 Å². The van der Waals surface area contributed by atoms with Crippen molar-refractivity contribution in [2.75, 3.05) is 6.26 Å². The lowest BCUT2D eigenvalue weighted by atomic mass is 9.98. The number of rotatable bonds is 4. The van der Waals surface area contributed by atoms with Gasteiger partial charge in [0.25, 0.3) is 0 Å². The van der Waals surface area contributed by atoms with E-state index in [2.05, 4.69) is 5.43 Å². The molecule has 0 heterocycles. The Kier molecular flexibility index (Phi) is 4.58. The number of hydrogen-bond donors (Lipinski definition) is 2. The number of nitrogens with one attached hydrogen (secondary N) is 1. The van der Waals surface area contributed by atoms with Crippen molar-refractivity contribution in [3.8, 4) is 0 Å². The number of thioether (sulfide) groups is 1. The summed E-state index contributed by atoms with van der Waals surface area (Å²) in [5.41, 5.74) is 5.22. The van der Waals surface area contributed by atoms with Crippen LogP contribution in [0.5, 0.6) is 0 Å². The Labute approximate surface area is 117 Å². The number of aryl methyl sites for hydroxylation is 1. The van der Waals surface area contributed by atoms with Crippen molar-refractivity contribution in [2.45, 2.75) is 17.9 Å². The van der Waals surface area contributed by atoms with Crippen molar-refractivity contribution in [1.29, 1.82) is 0 Å². The van der Waals surface area contributed by atoms with Gasteiger partial charge in [-0.1, -0.05) is 24.3 Å². The van der Waals surface area contributed by atoms with E-state index in [1.807, 2.05) is 36.6 Å². The lowest BCUT2D eigenvalue weighted by Crippen LogP contribution is -2.28. The Hall–Kier alpha value is -1.36. The van der Waals surface area contributed by atoms with Crippen molar-refractivity contribution in [3.63, 3.8) is 0 Å². The Bertz CT molecular complexity index is 555. The normalized spacial score (nSPS) is 12.4. The molecule has 0 spiro atoms. The highest BCUT2D eigenvalue weighted by atomic mass is 32.2. The first-order chi connectivity index (χ1) is 9.15. The lowest BCUT2D eigenvalue weighted by molar-refractivity contribution is 0.599. The Morgan fingerprint density at radius 3 is 2.26 bits per heavy atom. The Morgan fingerprint density at radius 1 is 1.11 bits per heavy atom. The van der Waals surface area contributed by atoms with E-state index in [-0.39, 0.29) is 11.9 Å². The van der Waals surface area contributed by atoms with E-state index in [0.717, 1.165) is 11.1 Å². The summed E-state index contributed by atoms with van der Waals surface area (Å²) in [5.74, 6) is 5.41. The maximum atomic E-state index is 13.6. The quantitative estimate of drug-likeness (QED) is 0.510. The van der Waals surface area contributed by atoms with Gasteiger partial charge in [-0.2, -0.15) is 0 Å². The fraction of sp³-hybridized carbons (Fsp3) is 0.200. The molecular weight excluding hydrogens is 259 g/mol. The van der Waals surface area contributed by atoms with Gasteiger partial charge in [-0.25, -0.2) is 9.82 Å². The fourth-order valence-corrected chi connectivity index (χ4v) is 2.38. The maximum absolute atomic E-state index is 13.6. The van der Waals surface area contributed by atoms with Crippen LogP contribution in [-0.2, 0) is 0 Å². The SMILES string of the molecule is CSc1ccc(C(NN)c2ccc(C)c(F)c2)cc1. The molecule has 0 aliphatic heterocycles. The molecule has 0 aliphatic carbocycles. The maximum Gasteiger partial charge on any atom is 0.126 e. The molecule has 0 bridgehead atoms. The molecule has 0 saturated heterocycles. The van der Waals surface area contributed by atoms with Gasteiger partial charge >= 0.3 is 0 Å². The number of nitrogens with two attached hydrogens (primary N) is 1. The predicted octanol–water partition coefficient (Wildman–Crippen LogP) is 3.41. The number of halogens is 1. The fourth-order valence-electron chi connectivity index (χ4n) is 1.97. The van der Waals surface area contributed by atoms with Gasteiger partial charge in [0.1, 0.15) is 5.82 Å². The molecule has 0 aromatic heterocycles. The second-order valence-corrected chi connectivity index (χ2v) is 5.26. The Balaban J connectivity index is 2.34. The zero-order valence-corrected chi connectivity index (χ0v) is 11.8. The summed E-state index contributed by atoms with van der Waals surface area (Å²) in [4.78, 5) is 1.19. The van der Waals surface area contributed by atoms with E-state index in [9.17, 15) is 4.39 Å². The Morgan fingerprint density at radius 2 is 1.74 bits per heavy atom. The highest BCUT2D eigenvalue weighted by molar-refractivity contribution is 7.98. The summed E-state index contributed by atoms with van der Waals surface area (Å²) < 4.78 is 13.6. The molecule has 2 rings (SSSR count). The van der Waals surface area contributed by atoms with Gasteiger partial charge in [-0.05, 0) is 48.1 Å². The molecule has 0 saturated carbocycles. The zero-order chi connectivity index (χ0) is 13.8. The van der Waals surface area contributed by atoms with Crippen molar-refractivity contribution >= 4 is 11.8 Å². The average molecular weight is 276 g/mol. The molecule has 3 N–H and O–H groups in total. The second-order valence-electron chi connectivity index (χ2n) is 4.38. The molecule has 2 aromatic carbocycles. The molecule has 0 amide bonds. The van der Waals surface area contributed by atoms with Crippen LogP contribution in [0.2, 0.25) is 0 Å². The summed E-state index contributed by atoms with van der Waals surface area (Å²) in [6.07, 6.45) is 2.03. The van der Waals surface area contributed by atoms with Gasteiger partial charge < -0.3 is 0 Å². The van der Waals surface area contributed by atoms with E-state index in [0.29, 0.717) is 5.56 Å². The third-order valence-corrected chi connectivity index (χ3v) is 3.89. The average Bonchev–Trinajstić information content (AvgIpc) is 2.44. The van der Waals surface area contributed by atoms with Crippen LogP contribution < -0.4 is 11.3 Å². The van der Waals surface area contributed by atoms with Crippen molar-refractivity contribution < 1.29 is 4.39 Å². The first-order valence-corrected chi connectivity index (χ1v) is 7.24. The first kappa shape index (κ1) is 14.1. The van der Waals surface area contributed by atoms with Crippen molar-refractivity contribution in [2.24, 2.45) is 5.84 Å². The van der Waals surface area contributed by atoms with E-state index >= 15 is 0 Å². The summed E-state index contributed by atoms with van der Waals surface area (Å²) >= 11 is 1.69. The molecule has 1 unspecified atom stereocenters. The van der Waals surface area contributed by atoms with Gasteiger partial charge in [0.15, 0.2) is 0 Å². The van der Waals surface area contributed by atoms with Crippen LogP contribution in [-0.4, -0.2) is 6.26 Å². The second kappa shape index (κ2) is 6.19. The molecule has 2 aromatic rings. The van der Waals surface area contributed by atoms with Gasteiger partial charge in [0.05, 0.1) is 6.04 Å². The highest BCUT2D eigenvalue weighted by Crippen LogP contribution is 2.25. The minimum absolute atomic E-state index is 0.203. The third kappa shape index (κ3) is 3.15. The first-order valence-electron chi connectivity index (χ1n) is 6.02. The molecule has 100 valence electrons. The van der Waals surface area contributed by atoms with Crippen LogP contribution in [0.4, 0.5) is 4.39 Å². The number of hydrogen-bond acceptors (Lipinski definition) is 3. The van der Waals surface area contributed by atoms with Crippen LogP contribution >= 0.6 is 11.8 Å². The standard InChI is InChI=1S/C15H17FN2S/c1-10-3-4-12(9-14(10)16)15(18-17)11-5-7-13(19-2)8-6-11/h3-9,15,18H,17H2,1-2H3. The molecule has 0 radical (unpaired) electrons. The third-order valence-electron chi connectivity index (χ3n) is 3.15. The topological polar surface area (TPSA) is 38.0 Å². The van der Waals surface area contributed by atoms with Crippen molar-refractivity contribution in [3.05, 3.63) is 65.0 Å². The van der Waals surface area contributed by atoms with Gasteiger partial charge in [-0.3, -0.25) is 5.84 Å². The summed E-state index contributed by atoms with van der Waals surface area (Å²) in [6.45, 7) is 1.75. The van der Waals surface area contributed by atoms with E-state index in [1.165, 1.54) is 11.0 Å². The summed E-state index contributed by atoms with van der Waals surface area (Å²) in [5, 5.41) is 0. The van der Waals surface area contributed by atoms with Gasteiger partial charge in [0, 0.05) is 4.90 Å². The van der Waals surface area contributed by atoms with Crippen molar-refractivity contribution in [1.82, 2.24) is 5.43 Å². The number of hydrazine groups is 1.